The number of nitrogens with zero attached hydrogens (tertiary/aromatic N) is 2. The standard InChI is InChI=1S/C19H26N4O2S/c1-12(2)17-22-23-18(26-17)21-15(24)10-11-20-16(25)13-6-8-14(9-7-13)19(3,4)5/h6-9,12H,10-11H2,1-5H3,(H,20,25)(H,21,23,24). The van der Waals surface area contributed by atoms with Gasteiger partial charge in [0.2, 0.25) is 11.0 Å². The van der Waals surface area contributed by atoms with E-state index in [-0.39, 0.29) is 36.1 Å². The number of anilines is 1. The van der Waals surface area contributed by atoms with Crippen LogP contribution in [-0.4, -0.2) is 28.6 Å². The van der Waals surface area contributed by atoms with Crippen molar-refractivity contribution in [2.45, 2.75) is 52.4 Å². The summed E-state index contributed by atoms with van der Waals surface area (Å²) in [5.41, 5.74) is 1.81. The largest absolute Gasteiger partial charge is 0.352 e. The van der Waals surface area contributed by atoms with E-state index in [0.29, 0.717) is 10.7 Å². The Morgan fingerprint density at radius 1 is 1.12 bits per heavy atom. The molecule has 26 heavy (non-hydrogen) atoms. The van der Waals surface area contributed by atoms with Gasteiger partial charge in [0.05, 0.1) is 0 Å². The molecule has 0 saturated heterocycles. The molecule has 1 heterocycles. The van der Waals surface area contributed by atoms with Crippen LogP contribution in [0.3, 0.4) is 0 Å². The summed E-state index contributed by atoms with van der Waals surface area (Å²) < 4.78 is 0. The third-order valence-corrected chi connectivity index (χ3v) is 4.97. The van der Waals surface area contributed by atoms with Gasteiger partial charge in [0, 0.05) is 24.4 Å². The second-order valence-corrected chi connectivity index (χ2v) is 8.49. The van der Waals surface area contributed by atoms with Crippen molar-refractivity contribution in [1.29, 1.82) is 0 Å². The van der Waals surface area contributed by atoms with E-state index in [1.807, 2.05) is 38.1 Å². The lowest BCUT2D eigenvalue weighted by Gasteiger charge is -2.19. The van der Waals surface area contributed by atoms with Gasteiger partial charge in [-0.05, 0) is 23.1 Å². The van der Waals surface area contributed by atoms with Crippen LogP contribution in [0.2, 0.25) is 0 Å². The molecule has 0 radical (unpaired) electrons. The van der Waals surface area contributed by atoms with Crippen molar-refractivity contribution in [3.05, 3.63) is 40.4 Å². The second kappa shape index (κ2) is 8.40. The third-order valence-electron chi connectivity index (χ3n) is 3.83. The molecular formula is C19H26N4O2S. The Bertz CT molecular complexity index is 761. The molecule has 2 aromatic rings. The number of carbonyl (C=O) groups excluding carboxylic acids is 2. The van der Waals surface area contributed by atoms with Crippen LogP contribution < -0.4 is 10.6 Å². The van der Waals surface area contributed by atoms with E-state index >= 15 is 0 Å². The maximum Gasteiger partial charge on any atom is 0.251 e. The highest BCUT2D eigenvalue weighted by Gasteiger charge is 2.15. The Balaban J connectivity index is 1.79. The molecule has 0 saturated carbocycles. The summed E-state index contributed by atoms with van der Waals surface area (Å²) in [4.78, 5) is 24.1. The molecule has 2 N–H and O–H groups in total. The quantitative estimate of drug-likeness (QED) is 0.807. The van der Waals surface area contributed by atoms with Crippen LogP contribution in [0.25, 0.3) is 0 Å². The number of aromatic nitrogens is 2. The SMILES string of the molecule is CC(C)c1nnc(NC(=O)CCNC(=O)c2ccc(C(C)(C)C)cc2)s1. The zero-order valence-electron chi connectivity index (χ0n) is 15.9. The summed E-state index contributed by atoms with van der Waals surface area (Å²) >= 11 is 1.37. The Kier molecular flexibility index (Phi) is 6.47. The molecule has 0 spiro atoms. The molecule has 0 atom stereocenters. The lowest BCUT2D eigenvalue weighted by Crippen LogP contribution is -2.27. The van der Waals surface area contributed by atoms with Crippen LogP contribution in [0.1, 0.15) is 67.9 Å². The number of nitrogens with one attached hydrogen (secondary N) is 2. The first kappa shape index (κ1) is 20.0. The van der Waals surface area contributed by atoms with Crippen molar-refractivity contribution in [1.82, 2.24) is 15.5 Å². The molecule has 0 unspecified atom stereocenters. The molecule has 1 aromatic heterocycles. The Morgan fingerprint density at radius 3 is 2.31 bits per heavy atom. The lowest BCUT2D eigenvalue weighted by molar-refractivity contribution is -0.116. The molecule has 0 bridgehead atoms. The van der Waals surface area contributed by atoms with E-state index in [4.69, 9.17) is 0 Å². The summed E-state index contributed by atoms with van der Waals surface area (Å²) in [5.74, 6) is -0.0989. The van der Waals surface area contributed by atoms with Crippen molar-refractivity contribution in [3.63, 3.8) is 0 Å². The first-order valence-electron chi connectivity index (χ1n) is 8.69. The minimum atomic E-state index is -0.195. The second-order valence-electron chi connectivity index (χ2n) is 7.48. The fourth-order valence-electron chi connectivity index (χ4n) is 2.21. The fraction of sp³-hybridized carbons (Fsp3) is 0.474. The third kappa shape index (κ3) is 5.62. The summed E-state index contributed by atoms with van der Waals surface area (Å²) in [7, 11) is 0. The first-order valence-corrected chi connectivity index (χ1v) is 9.50. The van der Waals surface area contributed by atoms with E-state index in [2.05, 4.69) is 41.6 Å². The van der Waals surface area contributed by atoms with Gasteiger partial charge in [0.1, 0.15) is 5.01 Å². The van der Waals surface area contributed by atoms with E-state index < -0.39 is 0 Å². The van der Waals surface area contributed by atoms with Gasteiger partial charge in [-0.25, -0.2) is 0 Å². The van der Waals surface area contributed by atoms with Gasteiger partial charge in [0.25, 0.3) is 5.91 Å². The highest BCUT2D eigenvalue weighted by atomic mass is 32.1. The number of rotatable bonds is 6. The molecular weight excluding hydrogens is 348 g/mol. The van der Waals surface area contributed by atoms with Crippen LogP contribution in [-0.2, 0) is 10.2 Å². The molecule has 140 valence electrons. The average Bonchev–Trinajstić information content (AvgIpc) is 3.02. The average molecular weight is 375 g/mol. The molecule has 6 nitrogen and oxygen atoms in total. The van der Waals surface area contributed by atoms with Crippen LogP contribution in [0.15, 0.2) is 24.3 Å². The van der Waals surface area contributed by atoms with Gasteiger partial charge >= 0.3 is 0 Å². The molecule has 7 heteroatoms. The fourth-order valence-corrected chi connectivity index (χ4v) is 2.98. The Labute approximate surface area is 158 Å². The van der Waals surface area contributed by atoms with E-state index in [1.54, 1.807) is 0 Å². The van der Waals surface area contributed by atoms with Crippen molar-refractivity contribution in [3.8, 4) is 0 Å². The van der Waals surface area contributed by atoms with Crippen molar-refractivity contribution in [2.75, 3.05) is 11.9 Å². The first-order chi connectivity index (χ1) is 12.2. The maximum atomic E-state index is 12.2. The van der Waals surface area contributed by atoms with Crippen LogP contribution in [0, 0.1) is 0 Å². The number of hydrogen-bond donors (Lipinski definition) is 2. The number of carbonyl (C=O) groups is 2. The highest BCUT2D eigenvalue weighted by molar-refractivity contribution is 7.15. The number of hydrogen-bond acceptors (Lipinski definition) is 5. The van der Waals surface area contributed by atoms with Crippen molar-refractivity contribution >= 4 is 28.3 Å². The van der Waals surface area contributed by atoms with Gasteiger partial charge in [0.15, 0.2) is 0 Å². The zero-order chi connectivity index (χ0) is 19.3. The molecule has 2 amide bonds. The summed E-state index contributed by atoms with van der Waals surface area (Å²) in [6.07, 6.45) is 0.183. The highest BCUT2D eigenvalue weighted by Crippen LogP contribution is 2.23. The topological polar surface area (TPSA) is 84.0 Å². The molecule has 0 aliphatic rings. The minimum Gasteiger partial charge on any atom is -0.352 e. The molecule has 0 fully saturated rings. The maximum absolute atomic E-state index is 12.2. The molecule has 0 aliphatic heterocycles. The summed E-state index contributed by atoms with van der Waals surface area (Å²) in [6, 6.07) is 7.54. The molecule has 1 aromatic carbocycles. The predicted molar refractivity (Wildman–Crippen MR) is 105 cm³/mol. The lowest BCUT2D eigenvalue weighted by atomic mass is 9.87. The van der Waals surface area contributed by atoms with Gasteiger partial charge < -0.3 is 10.6 Å². The van der Waals surface area contributed by atoms with E-state index in [0.717, 1.165) is 5.01 Å². The molecule has 2 rings (SSSR count). The van der Waals surface area contributed by atoms with E-state index in [9.17, 15) is 9.59 Å². The van der Waals surface area contributed by atoms with Crippen LogP contribution >= 0.6 is 11.3 Å². The van der Waals surface area contributed by atoms with Crippen LogP contribution in [0.5, 0.6) is 0 Å². The minimum absolute atomic E-state index is 0.0488. The van der Waals surface area contributed by atoms with Gasteiger partial charge in [-0.1, -0.05) is 58.1 Å². The Hall–Kier alpha value is -2.28. The van der Waals surface area contributed by atoms with Crippen molar-refractivity contribution in [2.24, 2.45) is 0 Å². The predicted octanol–water partition coefficient (Wildman–Crippen LogP) is 3.72. The van der Waals surface area contributed by atoms with Gasteiger partial charge in [-0.15, -0.1) is 10.2 Å². The normalized spacial score (nSPS) is 11.5. The zero-order valence-corrected chi connectivity index (χ0v) is 16.7. The molecule has 0 aliphatic carbocycles. The van der Waals surface area contributed by atoms with Crippen LogP contribution in [0.4, 0.5) is 5.13 Å². The number of amides is 2. The van der Waals surface area contributed by atoms with Gasteiger partial charge in [-0.2, -0.15) is 0 Å². The summed E-state index contributed by atoms with van der Waals surface area (Å²) in [6.45, 7) is 10.7. The van der Waals surface area contributed by atoms with Gasteiger partial charge in [-0.3, -0.25) is 9.59 Å². The Morgan fingerprint density at radius 2 is 1.77 bits per heavy atom. The smallest absolute Gasteiger partial charge is 0.251 e. The number of benzene rings is 1. The summed E-state index contributed by atoms with van der Waals surface area (Å²) in [5, 5.41) is 14.8. The van der Waals surface area contributed by atoms with Crippen molar-refractivity contribution < 1.29 is 9.59 Å². The van der Waals surface area contributed by atoms with E-state index in [1.165, 1.54) is 16.9 Å². The monoisotopic (exact) mass is 374 g/mol.